The molecule has 0 bridgehead atoms. The molecule has 3 rings (SSSR count). The van der Waals surface area contributed by atoms with Gasteiger partial charge in [-0.25, -0.2) is 0 Å². The third-order valence-corrected chi connectivity index (χ3v) is 4.72. The second-order valence-corrected chi connectivity index (χ2v) is 7.40. The molecule has 1 N–H and O–H groups in total. The molecule has 28 heavy (non-hydrogen) atoms. The maximum absolute atomic E-state index is 13.0. The normalized spacial score (nSPS) is 19.3. The Hall–Kier alpha value is -3.23. The topological polar surface area (TPSA) is 110 Å². The van der Waals surface area contributed by atoms with E-state index in [2.05, 4.69) is 24.3 Å². The van der Waals surface area contributed by atoms with Gasteiger partial charge in [-0.3, -0.25) is 24.4 Å². The van der Waals surface area contributed by atoms with Crippen molar-refractivity contribution in [3.63, 3.8) is 0 Å². The minimum atomic E-state index is -0.573. The SMILES string of the molecule is CC1CC(C)CN(C(=O)c2ccccc2NC(=O)Cn2cc([N+](=O)[O-])cn2)C1. The number of benzene rings is 1. The highest BCUT2D eigenvalue weighted by Crippen LogP contribution is 2.25. The summed E-state index contributed by atoms with van der Waals surface area (Å²) in [4.78, 5) is 37.3. The number of likely N-dealkylation sites (tertiary alicyclic amines) is 1. The lowest BCUT2D eigenvalue weighted by molar-refractivity contribution is -0.385. The van der Waals surface area contributed by atoms with Gasteiger partial charge in [0.25, 0.3) is 5.91 Å². The fourth-order valence-corrected chi connectivity index (χ4v) is 3.65. The Balaban J connectivity index is 1.71. The fraction of sp³-hybridized carbons (Fsp3) is 0.421. The van der Waals surface area contributed by atoms with Crippen LogP contribution in [0.1, 0.15) is 30.6 Å². The number of para-hydroxylation sites is 1. The van der Waals surface area contributed by atoms with Crippen LogP contribution in [0.15, 0.2) is 36.7 Å². The quantitative estimate of drug-likeness (QED) is 0.628. The first-order chi connectivity index (χ1) is 13.3. The number of hydrogen-bond acceptors (Lipinski definition) is 5. The van der Waals surface area contributed by atoms with E-state index in [1.807, 2.05) is 4.90 Å². The van der Waals surface area contributed by atoms with Crippen LogP contribution in [0.5, 0.6) is 0 Å². The lowest BCUT2D eigenvalue weighted by Crippen LogP contribution is -2.42. The Labute approximate surface area is 162 Å². The monoisotopic (exact) mass is 385 g/mol. The third-order valence-electron chi connectivity index (χ3n) is 4.72. The average Bonchev–Trinajstić information content (AvgIpc) is 3.09. The number of nitrogens with zero attached hydrogens (tertiary/aromatic N) is 4. The van der Waals surface area contributed by atoms with Gasteiger partial charge in [-0.15, -0.1) is 0 Å². The van der Waals surface area contributed by atoms with Gasteiger partial charge in [0, 0.05) is 13.1 Å². The fourth-order valence-electron chi connectivity index (χ4n) is 3.65. The molecule has 0 radical (unpaired) electrons. The Bertz CT molecular complexity index is 884. The van der Waals surface area contributed by atoms with Crippen LogP contribution in [-0.2, 0) is 11.3 Å². The van der Waals surface area contributed by atoms with E-state index in [1.54, 1.807) is 24.3 Å². The molecular formula is C19H23N5O4. The van der Waals surface area contributed by atoms with Gasteiger partial charge in [-0.1, -0.05) is 26.0 Å². The molecule has 2 heterocycles. The molecule has 9 nitrogen and oxygen atoms in total. The van der Waals surface area contributed by atoms with Crippen molar-refractivity contribution in [2.75, 3.05) is 18.4 Å². The maximum Gasteiger partial charge on any atom is 0.307 e. The van der Waals surface area contributed by atoms with E-state index in [9.17, 15) is 19.7 Å². The Kier molecular flexibility index (Phi) is 5.72. The zero-order valence-corrected chi connectivity index (χ0v) is 15.9. The van der Waals surface area contributed by atoms with Gasteiger partial charge in [-0.2, -0.15) is 5.10 Å². The standard InChI is InChI=1S/C19H23N5O4/c1-13-7-14(2)10-22(9-13)19(26)16-5-3-4-6-17(16)21-18(25)12-23-11-15(8-20-23)24(27)28/h3-6,8,11,13-14H,7,9-10,12H2,1-2H3,(H,21,25). The second-order valence-electron chi connectivity index (χ2n) is 7.40. The third kappa shape index (κ3) is 4.54. The molecule has 1 aromatic heterocycles. The predicted octanol–water partition coefficient (Wildman–Crippen LogP) is 2.55. The van der Waals surface area contributed by atoms with Crippen LogP contribution in [-0.4, -0.2) is 44.5 Å². The second kappa shape index (κ2) is 8.20. The predicted molar refractivity (Wildman–Crippen MR) is 103 cm³/mol. The number of rotatable bonds is 5. The summed E-state index contributed by atoms with van der Waals surface area (Å²) in [6, 6.07) is 6.87. The largest absolute Gasteiger partial charge is 0.338 e. The maximum atomic E-state index is 13.0. The van der Waals surface area contributed by atoms with Crippen LogP contribution in [0.25, 0.3) is 0 Å². The molecule has 9 heteroatoms. The van der Waals surface area contributed by atoms with E-state index in [0.717, 1.165) is 12.6 Å². The molecule has 2 atom stereocenters. The molecular weight excluding hydrogens is 362 g/mol. The lowest BCUT2D eigenvalue weighted by Gasteiger charge is -2.35. The number of nitro groups is 1. The van der Waals surface area contributed by atoms with Crippen LogP contribution in [0.3, 0.4) is 0 Å². The molecule has 0 saturated carbocycles. The number of piperidine rings is 1. The first kappa shape index (κ1) is 19.5. The molecule has 148 valence electrons. The van der Waals surface area contributed by atoms with Gasteiger partial charge < -0.3 is 10.2 Å². The number of anilines is 1. The van der Waals surface area contributed by atoms with E-state index in [0.29, 0.717) is 36.2 Å². The smallest absolute Gasteiger partial charge is 0.307 e. The Morgan fingerprint density at radius 3 is 2.57 bits per heavy atom. The van der Waals surface area contributed by atoms with Crippen molar-refractivity contribution in [2.24, 2.45) is 11.8 Å². The van der Waals surface area contributed by atoms with Crippen LogP contribution in [0.4, 0.5) is 11.4 Å². The molecule has 1 fully saturated rings. The number of carbonyl (C=O) groups is 2. The highest BCUT2D eigenvalue weighted by Gasteiger charge is 2.27. The van der Waals surface area contributed by atoms with Crippen molar-refractivity contribution in [3.8, 4) is 0 Å². The minimum absolute atomic E-state index is 0.107. The summed E-state index contributed by atoms with van der Waals surface area (Å²) >= 11 is 0. The molecule has 0 aliphatic carbocycles. The van der Waals surface area contributed by atoms with E-state index >= 15 is 0 Å². The van der Waals surface area contributed by atoms with Gasteiger partial charge >= 0.3 is 5.69 Å². The van der Waals surface area contributed by atoms with Crippen molar-refractivity contribution in [1.82, 2.24) is 14.7 Å². The van der Waals surface area contributed by atoms with Crippen molar-refractivity contribution in [2.45, 2.75) is 26.8 Å². The van der Waals surface area contributed by atoms with Gasteiger partial charge in [0.15, 0.2) is 0 Å². The average molecular weight is 385 g/mol. The first-order valence-electron chi connectivity index (χ1n) is 9.18. The number of hydrogen-bond donors (Lipinski definition) is 1. The van der Waals surface area contributed by atoms with Gasteiger partial charge in [-0.05, 0) is 30.4 Å². The number of carbonyl (C=O) groups excluding carboxylic acids is 2. The van der Waals surface area contributed by atoms with Gasteiger partial charge in [0.05, 0.1) is 16.2 Å². The molecule has 1 aromatic carbocycles. The van der Waals surface area contributed by atoms with Gasteiger partial charge in [0.1, 0.15) is 18.9 Å². The highest BCUT2D eigenvalue weighted by atomic mass is 16.6. The summed E-state index contributed by atoms with van der Waals surface area (Å²) in [5.74, 6) is 0.345. The lowest BCUT2D eigenvalue weighted by atomic mass is 9.91. The van der Waals surface area contributed by atoms with E-state index in [1.165, 1.54) is 10.9 Å². The zero-order chi connectivity index (χ0) is 20.3. The summed E-state index contributed by atoms with van der Waals surface area (Å²) in [5, 5.41) is 17.2. The highest BCUT2D eigenvalue weighted by molar-refractivity contribution is 6.03. The van der Waals surface area contributed by atoms with Crippen LogP contribution in [0.2, 0.25) is 0 Å². The van der Waals surface area contributed by atoms with Crippen LogP contribution >= 0.6 is 0 Å². The van der Waals surface area contributed by atoms with Crippen LogP contribution in [0, 0.1) is 22.0 Å². The first-order valence-corrected chi connectivity index (χ1v) is 9.18. The summed E-state index contributed by atoms with van der Waals surface area (Å²) < 4.78 is 1.19. The minimum Gasteiger partial charge on any atom is -0.338 e. The van der Waals surface area contributed by atoms with E-state index < -0.39 is 10.8 Å². The molecule has 1 saturated heterocycles. The summed E-state index contributed by atoms with van der Waals surface area (Å²) in [6.07, 6.45) is 3.37. The van der Waals surface area contributed by atoms with Crippen molar-refractivity contribution >= 4 is 23.2 Å². The number of aromatic nitrogens is 2. The van der Waals surface area contributed by atoms with Crippen molar-refractivity contribution in [3.05, 3.63) is 52.3 Å². The summed E-state index contributed by atoms with van der Waals surface area (Å²) in [6.45, 7) is 5.47. The Morgan fingerprint density at radius 1 is 1.25 bits per heavy atom. The van der Waals surface area contributed by atoms with Crippen LogP contribution < -0.4 is 5.32 Å². The molecule has 0 spiro atoms. The number of nitrogens with one attached hydrogen (secondary N) is 1. The molecule has 2 amide bonds. The molecule has 1 aliphatic rings. The van der Waals surface area contributed by atoms with Crippen molar-refractivity contribution in [1.29, 1.82) is 0 Å². The van der Waals surface area contributed by atoms with E-state index in [-0.39, 0.29) is 18.1 Å². The van der Waals surface area contributed by atoms with E-state index in [4.69, 9.17) is 0 Å². The zero-order valence-electron chi connectivity index (χ0n) is 15.9. The number of amides is 2. The van der Waals surface area contributed by atoms with Gasteiger partial charge in [0.2, 0.25) is 5.91 Å². The molecule has 2 aromatic rings. The summed E-state index contributed by atoms with van der Waals surface area (Å²) in [5.41, 5.74) is 0.672. The molecule has 1 aliphatic heterocycles. The summed E-state index contributed by atoms with van der Waals surface area (Å²) in [7, 11) is 0. The Morgan fingerprint density at radius 2 is 1.93 bits per heavy atom. The van der Waals surface area contributed by atoms with Crippen molar-refractivity contribution < 1.29 is 14.5 Å². The molecule has 2 unspecified atom stereocenters.